The molecule has 6 nitrogen and oxygen atoms in total. The molecule has 0 atom stereocenters. The third-order valence-corrected chi connectivity index (χ3v) is 5.02. The van der Waals surface area contributed by atoms with Gasteiger partial charge >= 0.3 is 0 Å². The van der Waals surface area contributed by atoms with Crippen molar-refractivity contribution in [3.05, 3.63) is 20.8 Å². The van der Waals surface area contributed by atoms with E-state index in [1.807, 2.05) is 13.8 Å². The first-order valence-electron chi connectivity index (χ1n) is 7.71. The van der Waals surface area contributed by atoms with Crippen molar-refractivity contribution in [3.8, 4) is 0 Å². The molecule has 1 amide bonds. The molecule has 0 unspecified atom stereocenters. The molecule has 0 saturated carbocycles. The average molecular weight is 320 g/mol. The molecule has 1 N–H and O–H groups in total. The Kier molecular flexibility index (Phi) is 4.24. The second-order valence-corrected chi connectivity index (χ2v) is 7.22. The van der Waals surface area contributed by atoms with Crippen LogP contribution in [0.15, 0.2) is 4.79 Å². The minimum atomic E-state index is -0.200. The average Bonchev–Trinajstić information content (AvgIpc) is 2.87. The summed E-state index contributed by atoms with van der Waals surface area (Å²) in [7, 11) is 0. The number of hydrogen-bond donors (Lipinski definition) is 1. The molecule has 118 valence electrons. The maximum Gasteiger partial charge on any atom is 0.279 e. The van der Waals surface area contributed by atoms with Crippen LogP contribution in [0.2, 0.25) is 0 Å². The van der Waals surface area contributed by atoms with E-state index in [9.17, 15) is 9.59 Å². The number of carbonyl (C=O) groups is 1. The first-order valence-corrected chi connectivity index (χ1v) is 8.52. The van der Waals surface area contributed by atoms with E-state index >= 15 is 0 Å². The summed E-state index contributed by atoms with van der Waals surface area (Å²) >= 11 is 1.57. The summed E-state index contributed by atoms with van der Waals surface area (Å²) in [5, 5.41) is 11.5. The van der Waals surface area contributed by atoms with E-state index in [1.165, 1.54) is 16.0 Å². The molecule has 1 aliphatic carbocycles. The van der Waals surface area contributed by atoms with Crippen molar-refractivity contribution < 1.29 is 4.79 Å². The van der Waals surface area contributed by atoms with Crippen LogP contribution in [0.1, 0.15) is 37.1 Å². The molecule has 0 spiro atoms. The third-order valence-electron chi connectivity index (χ3n) is 3.85. The Morgan fingerprint density at radius 2 is 2.14 bits per heavy atom. The number of thiophene rings is 1. The van der Waals surface area contributed by atoms with Crippen LogP contribution in [0.5, 0.6) is 0 Å². The molecular formula is C15H20N4O2S. The first kappa shape index (κ1) is 15.1. The van der Waals surface area contributed by atoms with E-state index in [0.29, 0.717) is 22.7 Å². The summed E-state index contributed by atoms with van der Waals surface area (Å²) in [6, 6.07) is 0. The minimum Gasteiger partial charge on any atom is -0.354 e. The molecule has 2 aromatic heterocycles. The summed E-state index contributed by atoms with van der Waals surface area (Å²) in [4.78, 5) is 26.5. The van der Waals surface area contributed by atoms with Gasteiger partial charge in [0, 0.05) is 11.4 Å². The van der Waals surface area contributed by atoms with Crippen LogP contribution in [0.25, 0.3) is 10.2 Å². The number of fused-ring (bicyclic) bond motifs is 3. The molecule has 2 heterocycles. The minimum absolute atomic E-state index is 0.0703. The standard InChI is InChI=1S/C15H20N4O2S/c1-9(2)7-16-12(20)8-19-15(21)13-10-5-3-4-6-11(10)22-14(13)17-18-19/h9H,3-8H2,1-2H3,(H,16,20). The van der Waals surface area contributed by atoms with Crippen molar-refractivity contribution in [3.63, 3.8) is 0 Å². The summed E-state index contributed by atoms with van der Waals surface area (Å²) in [5.74, 6) is 0.173. The van der Waals surface area contributed by atoms with Crippen LogP contribution < -0.4 is 10.9 Å². The summed E-state index contributed by atoms with van der Waals surface area (Å²) in [6.07, 6.45) is 4.22. The zero-order valence-electron chi connectivity index (χ0n) is 12.9. The lowest BCUT2D eigenvalue weighted by molar-refractivity contribution is -0.122. The van der Waals surface area contributed by atoms with Crippen LogP contribution in [-0.2, 0) is 24.2 Å². The molecule has 3 rings (SSSR count). The predicted octanol–water partition coefficient (Wildman–Crippen LogP) is 1.50. The number of nitrogens with zero attached hydrogens (tertiary/aromatic N) is 3. The highest BCUT2D eigenvalue weighted by Gasteiger charge is 2.21. The molecule has 22 heavy (non-hydrogen) atoms. The SMILES string of the molecule is CC(C)CNC(=O)Cn1nnc2sc3c(c2c1=O)CCCC3. The quantitative estimate of drug-likeness (QED) is 0.926. The number of aromatic nitrogens is 3. The lowest BCUT2D eigenvalue weighted by Gasteiger charge is -2.10. The molecule has 0 radical (unpaired) electrons. The van der Waals surface area contributed by atoms with Crippen molar-refractivity contribution in [2.75, 3.05) is 6.54 Å². The molecule has 0 bridgehead atoms. The Bertz CT molecular complexity index is 763. The van der Waals surface area contributed by atoms with Gasteiger partial charge in [-0.2, -0.15) is 0 Å². The van der Waals surface area contributed by atoms with Crippen molar-refractivity contribution in [1.82, 2.24) is 20.3 Å². The van der Waals surface area contributed by atoms with Gasteiger partial charge in [-0.25, -0.2) is 4.68 Å². The Morgan fingerprint density at radius 3 is 2.91 bits per heavy atom. The normalized spacial score (nSPS) is 14.3. The van der Waals surface area contributed by atoms with Crippen LogP contribution >= 0.6 is 11.3 Å². The molecule has 1 aliphatic rings. The van der Waals surface area contributed by atoms with Gasteiger partial charge in [0.05, 0.1) is 5.39 Å². The number of hydrogen-bond acceptors (Lipinski definition) is 5. The molecule has 0 aromatic carbocycles. The van der Waals surface area contributed by atoms with Gasteiger partial charge in [0.2, 0.25) is 5.91 Å². The Morgan fingerprint density at radius 1 is 1.36 bits per heavy atom. The van der Waals surface area contributed by atoms with Gasteiger partial charge in [0.15, 0.2) is 4.83 Å². The van der Waals surface area contributed by atoms with E-state index in [0.717, 1.165) is 24.8 Å². The lowest BCUT2D eigenvalue weighted by atomic mass is 9.97. The Balaban J connectivity index is 1.90. The van der Waals surface area contributed by atoms with E-state index in [4.69, 9.17) is 0 Å². The van der Waals surface area contributed by atoms with Crippen LogP contribution in [0.3, 0.4) is 0 Å². The summed E-state index contributed by atoms with van der Waals surface area (Å²) in [6.45, 7) is 4.57. The van der Waals surface area contributed by atoms with Gasteiger partial charge in [-0.3, -0.25) is 9.59 Å². The fourth-order valence-corrected chi connectivity index (χ4v) is 3.92. The lowest BCUT2D eigenvalue weighted by Crippen LogP contribution is -2.35. The monoisotopic (exact) mass is 320 g/mol. The van der Waals surface area contributed by atoms with Gasteiger partial charge in [-0.15, -0.1) is 16.4 Å². The summed E-state index contributed by atoms with van der Waals surface area (Å²) in [5.41, 5.74) is 0.937. The maximum absolute atomic E-state index is 12.6. The molecule has 7 heteroatoms. The fourth-order valence-electron chi connectivity index (χ4n) is 2.72. The van der Waals surface area contributed by atoms with E-state index < -0.39 is 0 Å². The number of carbonyl (C=O) groups excluding carboxylic acids is 1. The van der Waals surface area contributed by atoms with Gasteiger partial charge in [0.25, 0.3) is 5.56 Å². The van der Waals surface area contributed by atoms with Crippen molar-refractivity contribution >= 4 is 27.5 Å². The van der Waals surface area contributed by atoms with E-state index in [2.05, 4.69) is 15.6 Å². The smallest absolute Gasteiger partial charge is 0.279 e. The van der Waals surface area contributed by atoms with Crippen molar-refractivity contribution in [2.45, 2.75) is 46.1 Å². The van der Waals surface area contributed by atoms with Gasteiger partial charge < -0.3 is 5.32 Å². The largest absolute Gasteiger partial charge is 0.354 e. The molecule has 0 fully saturated rings. The fraction of sp³-hybridized carbons (Fsp3) is 0.600. The van der Waals surface area contributed by atoms with E-state index in [1.54, 1.807) is 11.3 Å². The Hall–Kier alpha value is -1.76. The maximum atomic E-state index is 12.6. The van der Waals surface area contributed by atoms with Crippen LogP contribution in [-0.4, -0.2) is 27.4 Å². The molecule has 0 aliphatic heterocycles. The first-order chi connectivity index (χ1) is 10.6. The van der Waals surface area contributed by atoms with Crippen LogP contribution in [0.4, 0.5) is 0 Å². The van der Waals surface area contributed by atoms with Crippen LogP contribution in [0, 0.1) is 5.92 Å². The third kappa shape index (κ3) is 2.90. The zero-order valence-corrected chi connectivity index (χ0v) is 13.7. The van der Waals surface area contributed by atoms with Gasteiger partial charge in [0.1, 0.15) is 6.54 Å². The second-order valence-electron chi connectivity index (χ2n) is 6.14. The predicted molar refractivity (Wildman–Crippen MR) is 86.2 cm³/mol. The van der Waals surface area contributed by atoms with Crippen molar-refractivity contribution in [1.29, 1.82) is 0 Å². The second kappa shape index (κ2) is 6.16. The topological polar surface area (TPSA) is 76.9 Å². The molecule has 2 aromatic rings. The number of aryl methyl sites for hydroxylation is 2. The number of nitrogens with one attached hydrogen (secondary N) is 1. The highest BCUT2D eigenvalue weighted by molar-refractivity contribution is 7.18. The highest BCUT2D eigenvalue weighted by Crippen LogP contribution is 2.32. The molecule has 0 saturated heterocycles. The Labute approximate surface area is 132 Å². The highest BCUT2D eigenvalue weighted by atomic mass is 32.1. The molecular weight excluding hydrogens is 300 g/mol. The zero-order chi connectivity index (χ0) is 15.7. The summed E-state index contributed by atoms with van der Waals surface area (Å²) < 4.78 is 1.18. The van der Waals surface area contributed by atoms with Gasteiger partial charge in [-0.05, 0) is 37.2 Å². The number of amides is 1. The van der Waals surface area contributed by atoms with E-state index in [-0.39, 0.29) is 18.0 Å². The number of rotatable bonds is 4. The van der Waals surface area contributed by atoms with Gasteiger partial charge in [-0.1, -0.05) is 19.1 Å². The van der Waals surface area contributed by atoms with Crippen molar-refractivity contribution in [2.24, 2.45) is 5.92 Å².